The quantitative estimate of drug-likeness (QED) is 0.0780. The molecule has 0 saturated carbocycles. The van der Waals surface area contributed by atoms with Crippen molar-refractivity contribution in [3.63, 3.8) is 0 Å². The summed E-state index contributed by atoms with van der Waals surface area (Å²) < 4.78 is 0. The average Bonchev–Trinajstić information content (AvgIpc) is 3.80. The van der Waals surface area contributed by atoms with Gasteiger partial charge >= 0.3 is 11.9 Å². The number of benzene rings is 2. The van der Waals surface area contributed by atoms with Crippen LogP contribution in [0, 0.1) is 0 Å². The van der Waals surface area contributed by atoms with Crippen LogP contribution in [0.1, 0.15) is 23.2 Å². The Morgan fingerprint density at radius 1 is 0.702 bits per heavy atom. The predicted octanol–water partition coefficient (Wildman–Crippen LogP) is 0.741. The SMILES string of the molecule is NC(CC(=O)O)C(=O)NC(Cc1cnc[nH]1)C(=O)NC(Cc1c[nH]c2ccccc12)C(=O)NC(Cc1c[nH]c2ccccc12)C(=O)O. The van der Waals surface area contributed by atoms with Gasteiger partial charge in [0.15, 0.2) is 0 Å². The summed E-state index contributed by atoms with van der Waals surface area (Å²) in [7, 11) is 0. The smallest absolute Gasteiger partial charge is 0.326 e. The summed E-state index contributed by atoms with van der Waals surface area (Å²) in [6, 6.07) is 9.40. The molecule has 4 atom stereocenters. The fraction of sp³-hybridized carbons (Fsp3) is 0.250. The van der Waals surface area contributed by atoms with Crippen LogP contribution in [0.3, 0.4) is 0 Å². The number of aliphatic carboxylic acids is 2. The Morgan fingerprint density at radius 3 is 1.74 bits per heavy atom. The van der Waals surface area contributed by atoms with Gasteiger partial charge in [-0.25, -0.2) is 9.78 Å². The van der Waals surface area contributed by atoms with E-state index in [0.29, 0.717) is 16.8 Å². The van der Waals surface area contributed by atoms with E-state index in [9.17, 15) is 29.1 Å². The van der Waals surface area contributed by atoms with Crippen molar-refractivity contribution in [2.45, 2.75) is 49.9 Å². The summed E-state index contributed by atoms with van der Waals surface area (Å²) in [5.41, 5.74) is 9.19. The van der Waals surface area contributed by atoms with Crippen LogP contribution < -0.4 is 21.7 Å². The highest BCUT2D eigenvalue weighted by atomic mass is 16.4. The molecule has 2 aromatic carbocycles. The number of aromatic nitrogens is 4. The van der Waals surface area contributed by atoms with Crippen molar-refractivity contribution in [3.05, 3.63) is 90.3 Å². The number of aromatic amines is 3. The number of H-pyrrole nitrogens is 3. The van der Waals surface area contributed by atoms with Crippen LogP contribution in [-0.4, -0.2) is 84.0 Å². The molecule has 15 heteroatoms. The van der Waals surface area contributed by atoms with Crippen molar-refractivity contribution in [2.75, 3.05) is 0 Å². The van der Waals surface area contributed by atoms with Crippen LogP contribution in [0.25, 0.3) is 21.8 Å². The molecule has 0 fully saturated rings. The molecule has 0 saturated heterocycles. The lowest BCUT2D eigenvalue weighted by Gasteiger charge is -2.25. The molecule has 5 aromatic rings. The molecule has 244 valence electrons. The highest BCUT2D eigenvalue weighted by Crippen LogP contribution is 2.21. The van der Waals surface area contributed by atoms with E-state index >= 15 is 0 Å². The molecule has 5 rings (SSSR count). The van der Waals surface area contributed by atoms with Crippen molar-refractivity contribution in [2.24, 2.45) is 5.73 Å². The Hall–Kier alpha value is -5.96. The molecule has 0 radical (unpaired) electrons. The number of hydrogen-bond acceptors (Lipinski definition) is 7. The molecule has 3 heterocycles. The van der Waals surface area contributed by atoms with Gasteiger partial charge in [0.1, 0.15) is 18.1 Å². The highest BCUT2D eigenvalue weighted by molar-refractivity contribution is 5.96. The van der Waals surface area contributed by atoms with Gasteiger partial charge in [-0.15, -0.1) is 0 Å². The number of rotatable bonds is 15. The van der Waals surface area contributed by atoms with Crippen LogP contribution >= 0.6 is 0 Å². The standard InChI is InChI=1S/C32H34N8O7/c33-22(12-28(41)42)29(43)38-26(11-19-15-34-16-37-19)31(45)39-25(9-17-13-35-23-7-3-1-5-20(17)23)30(44)40-27(32(46)47)10-18-14-36-24-8-4-2-6-21(18)24/h1-8,13-16,22,25-27,35-36H,9-12,33H2,(H,34,37)(H,38,43)(H,39,45)(H,40,44)(H,41,42)(H,46,47). The van der Waals surface area contributed by atoms with Crippen molar-refractivity contribution in [1.29, 1.82) is 0 Å². The summed E-state index contributed by atoms with van der Waals surface area (Å²) in [5, 5.41) is 28.5. The Bertz CT molecular complexity index is 1900. The number of hydrogen-bond donors (Lipinski definition) is 9. The van der Waals surface area contributed by atoms with Crippen molar-refractivity contribution >= 4 is 51.5 Å². The molecule has 0 aliphatic heterocycles. The molecule has 15 nitrogen and oxygen atoms in total. The lowest BCUT2D eigenvalue weighted by molar-refractivity contribution is -0.142. The number of nitrogens with zero attached hydrogens (tertiary/aromatic N) is 1. The average molecular weight is 643 g/mol. The molecule has 0 spiro atoms. The van der Waals surface area contributed by atoms with Crippen molar-refractivity contribution < 1.29 is 34.2 Å². The first-order valence-electron chi connectivity index (χ1n) is 14.8. The number of nitrogens with two attached hydrogens (primary N) is 1. The first-order valence-corrected chi connectivity index (χ1v) is 14.8. The van der Waals surface area contributed by atoms with Gasteiger partial charge in [0.2, 0.25) is 17.7 Å². The molecular weight excluding hydrogens is 608 g/mol. The molecule has 47 heavy (non-hydrogen) atoms. The number of carbonyl (C=O) groups excluding carboxylic acids is 3. The van der Waals surface area contributed by atoms with Gasteiger partial charge in [-0.3, -0.25) is 19.2 Å². The van der Waals surface area contributed by atoms with Gasteiger partial charge in [0, 0.05) is 65.4 Å². The zero-order valence-corrected chi connectivity index (χ0v) is 25.0. The number of para-hydroxylation sites is 2. The van der Waals surface area contributed by atoms with Crippen LogP contribution in [0.2, 0.25) is 0 Å². The molecule has 10 N–H and O–H groups in total. The number of nitrogens with one attached hydrogen (secondary N) is 6. The number of imidazole rings is 1. The molecule has 0 bridgehead atoms. The minimum absolute atomic E-state index is 0.0235. The van der Waals surface area contributed by atoms with Gasteiger partial charge in [-0.1, -0.05) is 36.4 Å². The third-order valence-electron chi connectivity index (χ3n) is 7.79. The zero-order valence-electron chi connectivity index (χ0n) is 25.0. The van der Waals surface area contributed by atoms with Gasteiger partial charge in [0.25, 0.3) is 0 Å². The topological polar surface area (TPSA) is 248 Å². The van der Waals surface area contributed by atoms with E-state index in [4.69, 9.17) is 10.8 Å². The second-order valence-corrected chi connectivity index (χ2v) is 11.1. The largest absolute Gasteiger partial charge is 0.481 e. The number of amides is 3. The van der Waals surface area contributed by atoms with Gasteiger partial charge in [-0.2, -0.15) is 0 Å². The van der Waals surface area contributed by atoms with E-state index in [1.54, 1.807) is 12.4 Å². The first kappa shape index (κ1) is 32.4. The molecule has 3 aromatic heterocycles. The van der Waals surface area contributed by atoms with E-state index in [-0.39, 0.29) is 19.3 Å². The van der Waals surface area contributed by atoms with Gasteiger partial charge in [-0.05, 0) is 23.3 Å². The Morgan fingerprint density at radius 2 is 1.21 bits per heavy atom. The summed E-state index contributed by atoms with van der Waals surface area (Å²) in [4.78, 5) is 76.8. The highest BCUT2D eigenvalue weighted by Gasteiger charge is 2.32. The van der Waals surface area contributed by atoms with Gasteiger partial charge < -0.3 is 46.8 Å². The summed E-state index contributed by atoms with van der Waals surface area (Å²) in [5.74, 6) is -4.98. The number of carboxylic acids is 2. The van der Waals surface area contributed by atoms with E-state index < -0.39 is 60.2 Å². The number of carbonyl (C=O) groups is 5. The summed E-state index contributed by atoms with van der Waals surface area (Å²) in [6.07, 6.45) is 5.42. The summed E-state index contributed by atoms with van der Waals surface area (Å²) in [6.45, 7) is 0. The number of fused-ring (bicyclic) bond motifs is 2. The van der Waals surface area contributed by atoms with E-state index in [0.717, 1.165) is 21.8 Å². The third kappa shape index (κ3) is 8.01. The number of carboxylic acid groups (broad SMARTS) is 2. The Balaban J connectivity index is 1.40. The molecular formula is C32H34N8O7. The lowest BCUT2D eigenvalue weighted by atomic mass is 10.0. The van der Waals surface area contributed by atoms with Crippen LogP contribution in [0.5, 0.6) is 0 Å². The summed E-state index contributed by atoms with van der Waals surface area (Å²) >= 11 is 0. The maximum atomic E-state index is 13.8. The Labute approximate surface area is 267 Å². The minimum Gasteiger partial charge on any atom is -0.481 e. The van der Waals surface area contributed by atoms with E-state index in [2.05, 4.69) is 35.9 Å². The molecule has 0 aliphatic carbocycles. The molecule has 3 amide bonds. The zero-order chi connectivity index (χ0) is 33.5. The predicted molar refractivity (Wildman–Crippen MR) is 170 cm³/mol. The maximum absolute atomic E-state index is 13.8. The lowest BCUT2D eigenvalue weighted by Crippen LogP contribution is -2.58. The second-order valence-electron chi connectivity index (χ2n) is 11.1. The van der Waals surface area contributed by atoms with Gasteiger partial charge in [0.05, 0.1) is 18.8 Å². The van der Waals surface area contributed by atoms with E-state index in [1.807, 2.05) is 48.5 Å². The maximum Gasteiger partial charge on any atom is 0.326 e. The monoisotopic (exact) mass is 642 g/mol. The van der Waals surface area contributed by atoms with Crippen molar-refractivity contribution in [3.8, 4) is 0 Å². The fourth-order valence-corrected chi connectivity index (χ4v) is 5.38. The van der Waals surface area contributed by atoms with Crippen molar-refractivity contribution in [1.82, 2.24) is 35.9 Å². The fourth-order valence-electron chi connectivity index (χ4n) is 5.38. The van der Waals surface area contributed by atoms with E-state index in [1.165, 1.54) is 12.5 Å². The van der Waals surface area contributed by atoms with Crippen LogP contribution in [0.4, 0.5) is 0 Å². The molecule has 0 aliphatic rings. The van der Waals surface area contributed by atoms with Crippen LogP contribution in [0.15, 0.2) is 73.4 Å². The van der Waals surface area contributed by atoms with Crippen LogP contribution in [-0.2, 0) is 43.2 Å². The molecule has 4 unspecified atom stereocenters. The second kappa shape index (κ2) is 14.4. The third-order valence-corrected chi connectivity index (χ3v) is 7.79. The normalized spacial score (nSPS) is 13.8. The Kier molecular flexibility index (Phi) is 9.96. The first-order chi connectivity index (χ1) is 22.6. The minimum atomic E-state index is -1.43.